The Morgan fingerprint density at radius 3 is 1.66 bits per heavy atom. The number of carbonyl (C=O) groups is 2. The van der Waals surface area contributed by atoms with E-state index in [2.05, 4.69) is 48.8 Å². The molecule has 0 aromatic carbocycles. The highest BCUT2D eigenvalue weighted by Gasteiger charge is 2.54. The minimum atomic E-state index is -5.41. The van der Waals surface area contributed by atoms with Gasteiger partial charge in [0.2, 0.25) is 0 Å². The highest BCUT2D eigenvalue weighted by atomic mass is 31.2. The molecule has 1 aliphatic carbocycles. The largest absolute Gasteiger partial charge is 0.472 e. The molecule has 1 aliphatic rings. The van der Waals surface area contributed by atoms with E-state index in [9.17, 15) is 69.1 Å². The predicted octanol–water partition coefficient (Wildman–Crippen LogP) is 6.08. The van der Waals surface area contributed by atoms with Crippen molar-refractivity contribution in [2.24, 2.45) is 0 Å². The van der Waals surface area contributed by atoms with Crippen LogP contribution in [0.4, 0.5) is 0 Å². The topological polar surface area (TPSA) is 317 Å². The number of aliphatic hydroxyl groups is 7. The molecule has 10 N–H and O–H groups in total. The minimum absolute atomic E-state index is 0.00769. The third-order valence-corrected chi connectivity index (χ3v) is 12.0. The van der Waals surface area contributed by atoms with Gasteiger partial charge in [-0.3, -0.25) is 23.2 Å². The Bertz CT molecular complexity index is 1770. The van der Waals surface area contributed by atoms with Crippen molar-refractivity contribution in [3.63, 3.8) is 0 Å². The molecule has 19 nitrogen and oxygen atoms in total. The van der Waals surface area contributed by atoms with Crippen LogP contribution >= 0.6 is 15.6 Å². The number of phosphoric ester groups is 2. The normalized spacial score (nSPS) is 23.2. The fraction of sp³-hybridized carbons (Fsp3) is 0.633. The van der Waals surface area contributed by atoms with E-state index in [0.29, 0.717) is 25.7 Å². The lowest BCUT2D eigenvalue weighted by atomic mass is 9.85. The van der Waals surface area contributed by atoms with E-state index in [1.165, 1.54) is 31.4 Å². The Kier molecular flexibility index (Phi) is 35.6. The van der Waals surface area contributed by atoms with Gasteiger partial charge < -0.3 is 59.9 Å². The molecular weight excluding hydrogens is 954 g/mol. The summed E-state index contributed by atoms with van der Waals surface area (Å²) in [5, 5.41) is 71.8. The average Bonchev–Trinajstić information content (AvgIpc) is 3.31. The van der Waals surface area contributed by atoms with E-state index in [1.807, 2.05) is 18.2 Å². The Balaban J connectivity index is 2.78. The molecule has 5 unspecified atom stereocenters. The molecule has 0 aromatic rings. The van der Waals surface area contributed by atoms with Crippen molar-refractivity contribution in [1.82, 2.24) is 0 Å². The maximum atomic E-state index is 13.0. The van der Waals surface area contributed by atoms with Crippen molar-refractivity contribution in [1.29, 1.82) is 0 Å². The summed E-state index contributed by atoms with van der Waals surface area (Å²) in [5.41, 5.74) is 0. The van der Waals surface area contributed by atoms with Gasteiger partial charge in [0.1, 0.15) is 43.2 Å². The standard InChI is InChI=1S/C49H80O19P2/c1-3-5-7-8-9-10-11-12-13-14-15-16-17-18-19-24-28-34-43(54)66-39(37-65-70(62,63)68-49-46(57)44(55)45(56)48(47(49)58)67-69(59,60)61)36-64-42(53)35-29-33-41(52)40(51)32-27-23-21-20-22-26-31-38(50)30-25-6-4-2/h9-10,12-13,15-16,18-23,26-27,31-32,38-41,44-52,55-58H,3-8,11,14,17,24-25,28-30,33-37H2,1-2H3,(H,62,63)(H2,59,60,61)/b10-9-,13-12-,16-15-,19-18-,22-20-,23-21+,31-26+,32-27+/t38-,39-,40-,41-,44?,45?,46?,47?,48-,49+/m1/s1. The molecule has 0 heterocycles. The molecule has 0 bridgehead atoms. The molecular formula is C49H80O19P2. The SMILES string of the molecule is CCCCC/C=C\C/C=C\C/C=C\C/C=C\CCCC(=O)O[C@H](COC(=O)CCC[C@@H](O)[C@H](O)/C=C/C=C/C=C\C=C\[C@H](O)CCCCC)COP(=O)(O)O[C@H]1C(O)C(O)C(O)[C@@H](OP(=O)(O)O)C1O. The van der Waals surface area contributed by atoms with Crippen LogP contribution in [0.25, 0.3) is 0 Å². The van der Waals surface area contributed by atoms with E-state index in [4.69, 9.17) is 18.5 Å². The summed E-state index contributed by atoms with van der Waals surface area (Å²) in [6, 6.07) is 0. The van der Waals surface area contributed by atoms with Gasteiger partial charge >= 0.3 is 27.6 Å². The van der Waals surface area contributed by atoms with Crippen molar-refractivity contribution < 1.29 is 92.2 Å². The number of esters is 2. The number of unbranched alkanes of at least 4 members (excludes halogenated alkanes) is 6. The number of hydrogen-bond acceptors (Lipinski definition) is 16. The molecule has 21 heteroatoms. The molecule has 70 heavy (non-hydrogen) atoms. The van der Waals surface area contributed by atoms with E-state index < -0.39 is 102 Å². The van der Waals surface area contributed by atoms with Crippen molar-refractivity contribution in [3.8, 4) is 0 Å². The summed E-state index contributed by atoms with van der Waals surface area (Å²) >= 11 is 0. The predicted molar refractivity (Wildman–Crippen MR) is 263 cm³/mol. The fourth-order valence-electron chi connectivity index (χ4n) is 6.58. The van der Waals surface area contributed by atoms with E-state index in [0.717, 1.165) is 38.5 Å². The quantitative estimate of drug-likeness (QED) is 0.0110. The summed E-state index contributed by atoms with van der Waals surface area (Å²) in [7, 11) is -10.8. The van der Waals surface area contributed by atoms with Crippen molar-refractivity contribution >= 4 is 27.6 Å². The number of rotatable bonds is 38. The van der Waals surface area contributed by atoms with E-state index >= 15 is 0 Å². The lowest BCUT2D eigenvalue weighted by molar-refractivity contribution is -0.216. The van der Waals surface area contributed by atoms with Crippen LogP contribution < -0.4 is 0 Å². The van der Waals surface area contributed by atoms with Crippen LogP contribution in [0.5, 0.6) is 0 Å². The minimum Gasteiger partial charge on any atom is -0.462 e. The summed E-state index contributed by atoms with van der Waals surface area (Å²) in [5.74, 6) is -1.61. The number of aliphatic hydroxyl groups excluding tert-OH is 7. The highest BCUT2D eigenvalue weighted by molar-refractivity contribution is 7.47. The van der Waals surface area contributed by atoms with Gasteiger partial charge in [-0.05, 0) is 64.2 Å². The molecule has 1 saturated carbocycles. The Hall–Kier alpha value is -3.20. The monoisotopic (exact) mass is 1030 g/mol. The van der Waals surface area contributed by atoms with Gasteiger partial charge in [0.25, 0.3) is 0 Å². The maximum absolute atomic E-state index is 13.0. The Morgan fingerprint density at radius 2 is 1.07 bits per heavy atom. The van der Waals surface area contributed by atoms with Gasteiger partial charge in [-0.2, -0.15) is 0 Å². The van der Waals surface area contributed by atoms with Crippen LogP contribution in [0.3, 0.4) is 0 Å². The number of phosphoric acid groups is 2. The van der Waals surface area contributed by atoms with Gasteiger partial charge in [-0.25, -0.2) is 9.13 Å². The summed E-state index contributed by atoms with van der Waals surface area (Å²) < 4.78 is 49.1. The van der Waals surface area contributed by atoms with Crippen molar-refractivity contribution in [2.45, 2.75) is 184 Å². The van der Waals surface area contributed by atoms with E-state index in [1.54, 1.807) is 36.5 Å². The molecule has 1 rings (SSSR count). The summed E-state index contributed by atoms with van der Waals surface area (Å²) in [6.45, 7) is 2.62. The maximum Gasteiger partial charge on any atom is 0.472 e. The average molecular weight is 1040 g/mol. The van der Waals surface area contributed by atoms with Crippen LogP contribution in [-0.2, 0) is 41.8 Å². The third kappa shape index (κ3) is 32.0. The van der Waals surface area contributed by atoms with Crippen molar-refractivity contribution in [3.05, 3.63) is 97.2 Å². The van der Waals surface area contributed by atoms with Crippen LogP contribution in [0.2, 0.25) is 0 Å². The number of carbonyl (C=O) groups excluding carboxylic acids is 2. The van der Waals surface area contributed by atoms with Crippen LogP contribution in [0, 0.1) is 0 Å². The Morgan fingerprint density at radius 1 is 0.557 bits per heavy atom. The molecule has 1 fully saturated rings. The lowest BCUT2D eigenvalue weighted by Crippen LogP contribution is -2.64. The van der Waals surface area contributed by atoms with Crippen LogP contribution in [0.1, 0.15) is 123 Å². The number of hydrogen-bond donors (Lipinski definition) is 10. The van der Waals surface area contributed by atoms with E-state index in [-0.39, 0.29) is 25.7 Å². The fourth-order valence-corrected chi connectivity index (χ4v) is 8.12. The first-order chi connectivity index (χ1) is 33.3. The Labute approximate surface area is 413 Å². The lowest BCUT2D eigenvalue weighted by Gasteiger charge is -2.43. The second kappa shape index (κ2) is 38.4. The highest BCUT2D eigenvalue weighted by Crippen LogP contribution is 2.49. The van der Waals surface area contributed by atoms with Gasteiger partial charge in [-0.15, -0.1) is 0 Å². The van der Waals surface area contributed by atoms with Crippen LogP contribution in [-0.4, -0.2) is 137 Å². The number of allylic oxidation sites excluding steroid dienone is 14. The molecule has 0 amide bonds. The first kappa shape index (κ1) is 64.8. The second-order valence-corrected chi connectivity index (χ2v) is 19.3. The van der Waals surface area contributed by atoms with Crippen LogP contribution in [0.15, 0.2) is 97.2 Å². The first-order valence-electron chi connectivity index (χ1n) is 24.1. The molecule has 0 aliphatic heterocycles. The smallest absolute Gasteiger partial charge is 0.462 e. The third-order valence-electron chi connectivity index (χ3n) is 10.5. The summed E-state index contributed by atoms with van der Waals surface area (Å²) in [4.78, 5) is 54.3. The molecule has 400 valence electrons. The van der Waals surface area contributed by atoms with Gasteiger partial charge in [0, 0.05) is 12.8 Å². The van der Waals surface area contributed by atoms with Gasteiger partial charge in [0.05, 0.1) is 24.9 Å². The molecule has 0 saturated heterocycles. The zero-order chi connectivity index (χ0) is 52.2. The molecule has 0 spiro atoms. The van der Waals surface area contributed by atoms with Crippen molar-refractivity contribution in [2.75, 3.05) is 13.2 Å². The first-order valence-corrected chi connectivity index (χ1v) is 27.1. The summed E-state index contributed by atoms with van der Waals surface area (Å²) in [6.07, 6.45) is 22.9. The van der Waals surface area contributed by atoms with Gasteiger partial charge in [-0.1, -0.05) is 143 Å². The zero-order valence-electron chi connectivity index (χ0n) is 40.5. The molecule has 0 radical (unpaired) electrons. The molecule has 11 atom stereocenters. The molecule has 0 aromatic heterocycles. The second-order valence-electron chi connectivity index (χ2n) is 16.7. The zero-order valence-corrected chi connectivity index (χ0v) is 42.3. The number of ether oxygens (including phenoxy) is 2. The van der Waals surface area contributed by atoms with Gasteiger partial charge in [0.15, 0.2) is 6.10 Å².